The summed E-state index contributed by atoms with van der Waals surface area (Å²) in [7, 11) is 0. The standard InChI is InChI=1S/C10H12N2O3/c13-7-4-5-12(6-7)9-3-1-2-8(11-9)10(14)15/h1-3,7,13H,4-6H2,(H,14,15). The average molecular weight is 208 g/mol. The summed E-state index contributed by atoms with van der Waals surface area (Å²) >= 11 is 0. The molecule has 0 aromatic carbocycles. The lowest BCUT2D eigenvalue weighted by molar-refractivity contribution is 0.0690. The number of hydrogen-bond acceptors (Lipinski definition) is 4. The number of aromatic nitrogens is 1. The molecule has 1 aliphatic heterocycles. The SMILES string of the molecule is O=C(O)c1cccc(N2CCC(O)C2)n1. The molecule has 0 bridgehead atoms. The first-order valence-electron chi connectivity index (χ1n) is 4.80. The van der Waals surface area contributed by atoms with Crippen molar-refractivity contribution in [3.8, 4) is 0 Å². The molecular formula is C10H12N2O3. The molecule has 1 unspecified atom stereocenters. The number of nitrogens with zero attached hydrogens (tertiary/aromatic N) is 2. The lowest BCUT2D eigenvalue weighted by Crippen LogP contribution is -2.22. The zero-order chi connectivity index (χ0) is 10.8. The maximum atomic E-state index is 10.7. The van der Waals surface area contributed by atoms with E-state index in [1.165, 1.54) is 6.07 Å². The summed E-state index contributed by atoms with van der Waals surface area (Å²) in [4.78, 5) is 16.6. The second kappa shape index (κ2) is 3.86. The van der Waals surface area contributed by atoms with Gasteiger partial charge in [0.05, 0.1) is 6.10 Å². The molecule has 0 saturated carbocycles. The number of pyridine rings is 1. The molecule has 80 valence electrons. The molecule has 1 saturated heterocycles. The highest BCUT2D eigenvalue weighted by Crippen LogP contribution is 2.18. The van der Waals surface area contributed by atoms with Crippen molar-refractivity contribution in [2.24, 2.45) is 0 Å². The third kappa shape index (κ3) is 2.07. The molecule has 0 amide bonds. The molecule has 1 aromatic heterocycles. The van der Waals surface area contributed by atoms with Crippen LogP contribution in [0.25, 0.3) is 0 Å². The first kappa shape index (κ1) is 9.92. The quantitative estimate of drug-likeness (QED) is 0.733. The number of carbonyl (C=O) groups is 1. The molecule has 5 nitrogen and oxygen atoms in total. The van der Waals surface area contributed by atoms with Gasteiger partial charge in [0, 0.05) is 13.1 Å². The molecule has 2 heterocycles. The molecule has 0 spiro atoms. The average Bonchev–Trinajstić information content (AvgIpc) is 2.65. The van der Waals surface area contributed by atoms with Gasteiger partial charge >= 0.3 is 5.97 Å². The highest BCUT2D eigenvalue weighted by molar-refractivity contribution is 5.85. The van der Waals surface area contributed by atoms with Crippen LogP contribution in [0.4, 0.5) is 5.82 Å². The van der Waals surface area contributed by atoms with E-state index in [4.69, 9.17) is 5.11 Å². The Morgan fingerprint density at radius 1 is 1.53 bits per heavy atom. The first-order chi connectivity index (χ1) is 7.16. The molecule has 1 aliphatic rings. The molecular weight excluding hydrogens is 196 g/mol. The van der Waals surface area contributed by atoms with Crippen LogP contribution in [0.2, 0.25) is 0 Å². The van der Waals surface area contributed by atoms with Crippen molar-refractivity contribution in [2.45, 2.75) is 12.5 Å². The number of anilines is 1. The molecule has 15 heavy (non-hydrogen) atoms. The minimum absolute atomic E-state index is 0.0360. The predicted molar refractivity (Wildman–Crippen MR) is 54.0 cm³/mol. The molecule has 1 atom stereocenters. The summed E-state index contributed by atoms with van der Waals surface area (Å²) in [5, 5.41) is 18.1. The Labute approximate surface area is 87.0 Å². The van der Waals surface area contributed by atoms with E-state index in [1.54, 1.807) is 12.1 Å². The normalized spacial score (nSPS) is 20.6. The van der Waals surface area contributed by atoms with Crippen molar-refractivity contribution in [3.63, 3.8) is 0 Å². The molecule has 5 heteroatoms. The molecule has 2 N–H and O–H groups in total. The van der Waals surface area contributed by atoms with E-state index < -0.39 is 5.97 Å². The van der Waals surface area contributed by atoms with Crippen LogP contribution >= 0.6 is 0 Å². The van der Waals surface area contributed by atoms with Gasteiger partial charge in [0.1, 0.15) is 5.82 Å². The largest absolute Gasteiger partial charge is 0.477 e. The van der Waals surface area contributed by atoms with Crippen molar-refractivity contribution in [3.05, 3.63) is 23.9 Å². The number of hydrogen-bond donors (Lipinski definition) is 2. The van der Waals surface area contributed by atoms with Crippen LogP contribution in [-0.4, -0.2) is 40.4 Å². The van der Waals surface area contributed by atoms with Crippen LogP contribution in [0.3, 0.4) is 0 Å². The van der Waals surface area contributed by atoms with E-state index in [-0.39, 0.29) is 11.8 Å². The number of aromatic carboxylic acids is 1. The van der Waals surface area contributed by atoms with Gasteiger partial charge in [-0.2, -0.15) is 0 Å². The fourth-order valence-electron chi connectivity index (χ4n) is 1.67. The fourth-order valence-corrected chi connectivity index (χ4v) is 1.67. The Morgan fingerprint density at radius 2 is 2.33 bits per heavy atom. The van der Waals surface area contributed by atoms with Crippen LogP contribution < -0.4 is 4.90 Å². The number of β-amino-alcohol motifs (C(OH)–C–C–N with tert-alkyl or cyclic N) is 1. The number of aliphatic hydroxyl groups excluding tert-OH is 1. The Kier molecular flexibility index (Phi) is 2.55. The van der Waals surface area contributed by atoms with Gasteiger partial charge in [-0.1, -0.05) is 6.07 Å². The van der Waals surface area contributed by atoms with Gasteiger partial charge < -0.3 is 15.1 Å². The number of carboxylic acid groups (broad SMARTS) is 1. The molecule has 1 aromatic rings. The van der Waals surface area contributed by atoms with Gasteiger partial charge in [-0.3, -0.25) is 0 Å². The van der Waals surface area contributed by atoms with Crippen LogP contribution in [0.1, 0.15) is 16.9 Å². The third-order valence-electron chi connectivity index (χ3n) is 2.44. The summed E-state index contributed by atoms with van der Waals surface area (Å²) < 4.78 is 0. The summed E-state index contributed by atoms with van der Waals surface area (Å²) in [5.41, 5.74) is 0.0360. The molecule has 2 rings (SSSR count). The maximum absolute atomic E-state index is 10.7. The summed E-state index contributed by atoms with van der Waals surface area (Å²) in [5.74, 6) is -0.414. The Bertz CT molecular complexity index is 381. The zero-order valence-corrected chi connectivity index (χ0v) is 8.13. The van der Waals surface area contributed by atoms with Crippen molar-refractivity contribution in [1.29, 1.82) is 0 Å². The monoisotopic (exact) mass is 208 g/mol. The van der Waals surface area contributed by atoms with Crippen molar-refractivity contribution in [1.82, 2.24) is 4.98 Å². The summed E-state index contributed by atoms with van der Waals surface area (Å²) in [6.45, 7) is 1.24. The highest BCUT2D eigenvalue weighted by atomic mass is 16.4. The predicted octanol–water partition coefficient (Wildman–Crippen LogP) is 0.351. The molecule has 0 aliphatic carbocycles. The highest BCUT2D eigenvalue weighted by Gasteiger charge is 2.21. The Hall–Kier alpha value is -1.62. The molecule has 1 fully saturated rings. The van der Waals surface area contributed by atoms with E-state index in [0.717, 1.165) is 6.54 Å². The maximum Gasteiger partial charge on any atom is 0.354 e. The zero-order valence-electron chi connectivity index (χ0n) is 8.13. The van der Waals surface area contributed by atoms with E-state index in [1.807, 2.05) is 4.90 Å². The summed E-state index contributed by atoms with van der Waals surface area (Å²) in [6.07, 6.45) is 0.374. The van der Waals surface area contributed by atoms with Crippen molar-refractivity contribution >= 4 is 11.8 Å². The van der Waals surface area contributed by atoms with Gasteiger partial charge in [-0.25, -0.2) is 9.78 Å². The van der Waals surface area contributed by atoms with E-state index in [2.05, 4.69) is 4.98 Å². The number of rotatable bonds is 2. The first-order valence-corrected chi connectivity index (χ1v) is 4.80. The third-order valence-corrected chi connectivity index (χ3v) is 2.44. The van der Waals surface area contributed by atoms with Gasteiger partial charge in [-0.05, 0) is 18.6 Å². The number of carboxylic acids is 1. The lowest BCUT2D eigenvalue weighted by atomic mass is 10.3. The second-order valence-electron chi connectivity index (χ2n) is 3.57. The van der Waals surface area contributed by atoms with Crippen LogP contribution in [0.5, 0.6) is 0 Å². The van der Waals surface area contributed by atoms with Gasteiger partial charge in [0.25, 0.3) is 0 Å². The number of aliphatic hydroxyl groups is 1. The van der Waals surface area contributed by atoms with Crippen LogP contribution in [0.15, 0.2) is 18.2 Å². The van der Waals surface area contributed by atoms with E-state index in [0.29, 0.717) is 18.8 Å². The summed E-state index contributed by atoms with van der Waals surface area (Å²) in [6, 6.07) is 4.87. The minimum atomic E-state index is -1.03. The topological polar surface area (TPSA) is 73.7 Å². The molecule has 0 radical (unpaired) electrons. The Morgan fingerprint density at radius 3 is 2.93 bits per heavy atom. The fraction of sp³-hybridized carbons (Fsp3) is 0.400. The smallest absolute Gasteiger partial charge is 0.354 e. The Balaban J connectivity index is 2.21. The second-order valence-corrected chi connectivity index (χ2v) is 3.57. The van der Waals surface area contributed by atoms with Crippen LogP contribution in [-0.2, 0) is 0 Å². The van der Waals surface area contributed by atoms with Crippen LogP contribution in [0, 0.1) is 0 Å². The van der Waals surface area contributed by atoms with Crippen molar-refractivity contribution in [2.75, 3.05) is 18.0 Å². The van der Waals surface area contributed by atoms with Gasteiger partial charge in [0.15, 0.2) is 5.69 Å². The van der Waals surface area contributed by atoms with E-state index in [9.17, 15) is 9.90 Å². The lowest BCUT2D eigenvalue weighted by Gasteiger charge is -2.16. The minimum Gasteiger partial charge on any atom is -0.477 e. The van der Waals surface area contributed by atoms with Crippen molar-refractivity contribution < 1.29 is 15.0 Å². The van der Waals surface area contributed by atoms with Gasteiger partial charge in [-0.15, -0.1) is 0 Å². The van der Waals surface area contributed by atoms with Gasteiger partial charge in [0.2, 0.25) is 0 Å². The van der Waals surface area contributed by atoms with E-state index >= 15 is 0 Å².